The number of aryl methyl sites for hydroxylation is 1. The number of aromatic nitrogens is 1. The second kappa shape index (κ2) is 11.3. The molecule has 2 aliphatic heterocycles. The summed E-state index contributed by atoms with van der Waals surface area (Å²) in [5.74, 6) is 3.60. The van der Waals surface area contributed by atoms with Crippen molar-refractivity contribution in [1.82, 2.24) is 4.98 Å². The third-order valence-corrected chi connectivity index (χ3v) is 7.42. The third kappa shape index (κ3) is 5.27. The van der Waals surface area contributed by atoms with E-state index in [1.807, 2.05) is 12.1 Å². The van der Waals surface area contributed by atoms with Gasteiger partial charge in [-0.05, 0) is 35.6 Å². The second-order valence-electron chi connectivity index (χ2n) is 8.87. The fraction of sp³-hybridized carbons (Fsp3) is 0.538. The van der Waals surface area contributed by atoms with Crippen LogP contribution in [0.5, 0.6) is 11.5 Å². The van der Waals surface area contributed by atoms with Crippen molar-refractivity contribution in [2.75, 3.05) is 51.2 Å². The van der Waals surface area contributed by atoms with Gasteiger partial charge in [-0.1, -0.05) is 19.9 Å². The first-order valence-electron chi connectivity index (χ1n) is 11.8. The summed E-state index contributed by atoms with van der Waals surface area (Å²) in [6, 6.07) is 8.47. The summed E-state index contributed by atoms with van der Waals surface area (Å²) in [5.41, 5.74) is 4.04. The van der Waals surface area contributed by atoms with E-state index >= 15 is 0 Å². The maximum atomic E-state index is 10.1. The van der Waals surface area contributed by atoms with Crippen LogP contribution in [-0.4, -0.2) is 57.4 Å². The lowest BCUT2D eigenvalue weighted by atomic mass is 9.91. The molecule has 8 heteroatoms. The maximum Gasteiger partial charge on any atom is 0.160 e. The van der Waals surface area contributed by atoms with E-state index < -0.39 is 0 Å². The molecule has 0 N–H and O–H groups in total. The Labute approximate surface area is 206 Å². The molecule has 4 rings (SSSR count). The lowest BCUT2D eigenvalue weighted by Gasteiger charge is -2.35. The number of ether oxygens (including phenoxy) is 4. The lowest BCUT2D eigenvalue weighted by Crippen LogP contribution is -2.39. The van der Waals surface area contributed by atoms with E-state index in [-0.39, 0.29) is 6.10 Å². The Balaban J connectivity index is 1.61. The summed E-state index contributed by atoms with van der Waals surface area (Å²) in [5, 5.41) is 10.9. The molecule has 34 heavy (non-hydrogen) atoms. The van der Waals surface area contributed by atoms with Crippen LogP contribution in [0.3, 0.4) is 0 Å². The molecule has 1 fully saturated rings. The second-order valence-corrected chi connectivity index (χ2v) is 9.95. The molecule has 1 aromatic carbocycles. The van der Waals surface area contributed by atoms with Gasteiger partial charge < -0.3 is 23.8 Å². The number of benzene rings is 1. The van der Waals surface area contributed by atoms with Gasteiger partial charge in [0.05, 0.1) is 45.7 Å². The molecule has 7 nitrogen and oxygen atoms in total. The molecule has 3 heterocycles. The first-order valence-corrected chi connectivity index (χ1v) is 12.8. The SMILES string of the molecule is COc1ccc(CCSc2nc(N3CCOCC3)c3c(c2C#N)CC(C(C)C)OC3)cc1OC. The molecule has 182 valence electrons. The molecule has 2 aromatic rings. The van der Waals surface area contributed by atoms with E-state index in [1.54, 1.807) is 26.0 Å². The van der Waals surface area contributed by atoms with Crippen LogP contribution in [0.4, 0.5) is 5.82 Å². The maximum absolute atomic E-state index is 10.1. The van der Waals surface area contributed by atoms with Gasteiger partial charge in [0.15, 0.2) is 11.5 Å². The standard InChI is InChI=1S/C26H33N3O4S/c1-17(2)23-14-19-20(15-27)26(28-25(21(19)16-33-23)29-8-10-32-11-9-29)34-12-7-18-5-6-22(30-3)24(13-18)31-4/h5-6,13,17,23H,7-12,14,16H2,1-4H3. The van der Waals surface area contributed by atoms with E-state index in [0.717, 1.165) is 70.7 Å². The highest BCUT2D eigenvalue weighted by molar-refractivity contribution is 7.99. The summed E-state index contributed by atoms with van der Waals surface area (Å²) in [6.07, 6.45) is 1.70. The first-order chi connectivity index (χ1) is 16.5. The van der Waals surface area contributed by atoms with E-state index in [0.29, 0.717) is 31.3 Å². The number of nitriles is 1. The van der Waals surface area contributed by atoms with Crippen LogP contribution in [0, 0.1) is 17.2 Å². The predicted octanol–water partition coefficient (Wildman–Crippen LogP) is 4.24. The van der Waals surface area contributed by atoms with Crippen LogP contribution in [-0.2, 0) is 28.9 Å². The quantitative estimate of drug-likeness (QED) is 0.516. The van der Waals surface area contributed by atoms with Crippen molar-refractivity contribution in [1.29, 1.82) is 5.26 Å². The lowest BCUT2D eigenvalue weighted by molar-refractivity contribution is -0.000574. The Kier molecular flexibility index (Phi) is 8.19. The molecule has 0 amide bonds. The van der Waals surface area contributed by atoms with E-state index in [1.165, 1.54) is 0 Å². The molecular formula is C26H33N3O4S. The van der Waals surface area contributed by atoms with Gasteiger partial charge in [0.25, 0.3) is 0 Å². The average molecular weight is 484 g/mol. The monoisotopic (exact) mass is 483 g/mol. The van der Waals surface area contributed by atoms with Gasteiger partial charge in [-0.25, -0.2) is 4.98 Å². The number of thioether (sulfide) groups is 1. The van der Waals surface area contributed by atoms with Crippen molar-refractivity contribution in [3.05, 3.63) is 40.5 Å². The number of methoxy groups -OCH3 is 2. The number of fused-ring (bicyclic) bond motifs is 1. The first kappa shape index (κ1) is 24.6. The molecule has 1 saturated heterocycles. The van der Waals surface area contributed by atoms with Crippen LogP contribution in [0.1, 0.15) is 36.1 Å². The highest BCUT2D eigenvalue weighted by atomic mass is 32.2. The molecule has 2 aliphatic rings. The zero-order valence-corrected chi connectivity index (χ0v) is 21.2. The van der Waals surface area contributed by atoms with Crippen LogP contribution in [0.25, 0.3) is 0 Å². The minimum Gasteiger partial charge on any atom is -0.493 e. The van der Waals surface area contributed by atoms with Gasteiger partial charge in [0, 0.05) is 30.8 Å². The Morgan fingerprint density at radius 3 is 2.62 bits per heavy atom. The fourth-order valence-corrected chi connectivity index (χ4v) is 5.44. The normalized spacial score (nSPS) is 17.9. The number of hydrogen-bond donors (Lipinski definition) is 0. The highest BCUT2D eigenvalue weighted by Crippen LogP contribution is 2.37. The van der Waals surface area contributed by atoms with Crippen LogP contribution in [0.15, 0.2) is 23.2 Å². The van der Waals surface area contributed by atoms with Crippen LogP contribution < -0.4 is 14.4 Å². The number of nitrogens with zero attached hydrogens (tertiary/aromatic N) is 3. The fourth-order valence-electron chi connectivity index (χ4n) is 4.45. The van der Waals surface area contributed by atoms with Gasteiger partial charge in [-0.2, -0.15) is 5.26 Å². The Morgan fingerprint density at radius 1 is 1.18 bits per heavy atom. The van der Waals surface area contributed by atoms with Crippen LogP contribution >= 0.6 is 11.8 Å². The van der Waals surface area contributed by atoms with Crippen molar-refractivity contribution in [2.45, 2.75) is 44.4 Å². The summed E-state index contributed by atoms with van der Waals surface area (Å²) in [6.45, 7) is 7.82. The Hall–Kier alpha value is -2.47. The Morgan fingerprint density at radius 2 is 1.94 bits per heavy atom. The summed E-state index contributed by atoms with van der Waals surface area (Å²) >= 11 is 1.65. The molecule has 1 atom stereocenters. The van der Waals surface area contributed by atoms with Gasteiger partial charge in [-0.15, -0.1) is 11.8 Å². The van der Waals surface area contributed by atoms with Gasteiger partial charge in [0.2, 0.25) is 0 Å². The largest absolute Gasteiger partial charge is 0.493 e. The van der Waals surface area contributed by atoms with Crippen molar-refractivity contribution in [3.63, 3.8) is 0 Å². The summed E-state index contributed by atoms with van der Waals surface area (Å²) in [7, 11) is 3.29. The molecule has 1 unspecified atom stereocenters. The van der Waals surface area contributed by atoms with E-state index in [4.69, 9.17) is 23.9 Å². The number of anilines is 1. The number of pyridine rings is 1. The smallest absolute Gasteiger partial charge is 0.160 e. The molecule has 0 spiro atoms. The van der Waals surface area contributed by atoms with Crippen molar-refractivity contribution < 1.29 is 18.9 Å². The number of rotatable bonds is 8. The molecule has 0 bridgehead atoms. The zero-order chi connectivity index (χ0) is 24.1. The molecule has 0 radical (unpaired) electrons. The van der Waals surface area contributed by atoms with Gasteiger partial charge in [-0.3, -0.25) is 0 Å². The minimum absolute atomic E-state index is 0.115. The predicted molar refractivity (Wildman–Crippen MR) is 133 cm³/mol. The molecule has 0 aliphatic carbocycles. The van der Waals surface area contributed by atoms with Crippen LogP contribution in [0.2, 0.25) is 0 Å². The van der Waals surface area contributed by atoms with Crippen molar-refractivity contribution in [2.24, 2.45) is 5.92 Å². The van der Waals surface area contributed by atoms with Crippen molar-refractivity contribution in [3.8, 4) is 17.6 Å². The van der Waals surface area contributed by atoms with Gasteiger partial charge >= 0.3 is 0 Å². The highest BCUT2D eigenvalue weighted by Gasteiger charge is 2.31. The number of hydrogen-bond acceptors (Lipinski definition) is 8. The summed E-state index contributed by atoms with van der Waals surface area (Å²) < 4.78 is 22.5. The van der Waals surface area contributed by atoms with E-state index in [2.05, 4.69) is 30.9 Å². The van der Waals surface area contributed by atoms with Crippen molar-refractivity contribution >= 4 is 17.6 Å². The molecular weight excluding hydrogens is 450 g/mol. The third-order valence-electron chi connectivity index (χ3n) is 6.45. The number of morpholine rings is 1. The van der Waals surface area contributed by atoms with E-state index in [9.17, 15) is 5.26 Å². The molecule has 1 aromatic heterocycles. The van der Waals surface area contributed by atoms with Gasteiger partial charge in [0.1, 0.15) is 16.9 Å². The Bertz CT molecular complexity index is 1050. The molecule has 0 saturated carbocycles. The average Bonchev–Trinajstić information content (AvgIpc) is 2.88. The summed E-state index contributed by atoms with van der Waals surface area (Å²) in [4.78, 5) is 7.31. The topological polar surface area (TPSA) is 76.8 Å². The zero-order valence-electron chi connectivity index (χ0n) is 20.4. The minimum atomic E-state index is 0.115.